The van der Waals surface area contributed by atoms with Gasteiger partial charge in [-0.05, 0) is 37.3 Å². The van der Waals surface area contributed by atoms with Crippen molar-refractivity contribution >= 4 is 5.97 Å². The Kier molecular flexibility index (Phi) is 10.9. The van der Waals surface area contributed by atoms with Crippen LogP contribution >= 0.6 is 0 Å². The molecule has 1 aromatic rings. The standard InChI is InChI=1S/C21H32O5.Na/c1-14-8-15(2)21(17(9-14)10-16-6-4-3-5-7-16)26-13-19(23)11-18(22)12-20(24)25;/h8-9,16,18-19,22-23H,3-7,10-13H2,1-2H3,(H,24,25);/q;+1/p-1/t18-,19+;/m1./s1. The molecule has 0 aliphatic heterocycles. The Morgan fingerprint density at radius 1 is 1.19 bits per heavy atom. The molecule has 1 saturated carbocycles. The number of benzene rings is 1. The molecule has 146 valence electrons. The molecule has 2 N–H and O–H groups in total. The summed E-state index contributed by atoms with van der Waals surface area (Å²) in [5, 5.41) is 30.2. The number of carbonyl (C=O) groups is 1. The topological polar surface area (TPSA) is 89.8 Å². The van der Waals surface area contributed by atoms with Gasteiger partial charge in [0.05, 0.1) is 12.2 Å². The summed E-state index contributed by atoms with van der Waals surface area (Å²) in [5.41, 5.74) is 3.42. The molecule has 27 heavy (non-hydrogen) atoms. The summed E-state index contributed by atoms with van der Waals surface area (Å²) in [6, 6.07) is 4.23. The second kappa shape index (κ2) is 12.1. The predicted molar refractivity (Wildman–Crippen MR) is 97.9 cm³/mol. The van der Waals surface area contributed by atoms with Crippen LogP contribution in [0.2, 0.25) is 0 Å². The van der Waals surface area contributed by atoms with Crippen LogP contribution in [0.25, 0.3) is 0 Å². The number of ether oxygens (including phenoxy) is 1. The molecule has 0 radical (unpaired) electrons. The molecule has 0 aromatic heterocycles. The first-order chi connectivity index (χ1) is 12.3. The van der Waals surface area contributed by atoms with Crippen molar-refractivity contribution < 1.29 is 54.4 Å². The first-order valence-corrected chi connectivity index (χ1v) is 9.64. The Balaban J connectivity index is 0.00000364. The van der Waals surface area contributed by atoms with Gasteiger partial charge in [0.25, 0.3) is 0 Å². The van der Waals surface area contributed by atoms with E-state index in [1.807, 2.05) is 6.92 Å². The number of carboxylic acid groups (broad SMARTS) is 1. The molecule has 0 amide bonds. The van der Waals surface area contributed by atoms with Gasteiger partial charge in [0.15, 0.2) is 0 Å². The zero-order valence-electron chi connectivity index (χ0n) is 16.9. The van der Waals surface area contributed by atoms with E-state index in [1.165, 1.54) is 43.2 Å². The van der Waals surface area contributed by atoms with Crippen molar-refractivity contribution in [2.75, 3.05) is 6.61 Å². The molecule has 0 heterocycles. The van der Waals surface area contributed by atoms with Gasteiger partial charge in [-0.25, -0.2) is 0 Å². The minimum Gasteiger partial charge on any atom is -0.550 e. The maximum absolute atomic E-state index is 10.5. The molecule has 5 nitrogen and oxygen atoms in total. The summed E-state index contributed by atoms with van der Waals surface area (Å²) in [4.78, 5) is 10.5. The van der Waals surface area contributed by atoms with Crippen LogP contribution in [0.5, 0.6) is 5.75 Å². The van der Waals surface area contributed by atoms with Gasteiger partial charge in [0.1, 0.15) is 12.4 Å². The molecule has 1 fully saturated rings. The van der Waals surface area contributed by atoms with Crippen molar-refractivity contribution in [3.63, 3.8) is 0 Å². The normalized spacial score (nSPS) is 17.0. The van der Waals surface area contributed by atoms with Crippen LogP contribution in [0.15, 0.2) is 12.1 Å². The van der Waals surface area contributed by atoms with Crippen LogP contribution in [0, 0.1) is 19.8 Å². The number of rotatable bonds is 9. The molecule has 1 aromatic carbocycles. The Morgan fingerprint density at radius 2 is 1.85 bits per heavy atom. The summed E-state index contributed by atoms with van der Waals surface area (Å²) in [5.74, 6) is 0.173. The molecule has 1 aliphatic carbocycles. The van der Waals surface area contributed by atoms with Crippen LogP contribution in [-0.4, -0.2) is 35.0 Å². The number of hydrogen-bond donors (Lipinski definition) is 2. The van der Waals surface area contributed by atoms with E-state index >= 15 is 0 Å². The smallest absolute Gasteiger partial charge is 0.550 e. The number of aliphatic hydroxyl groups excluding tert-OH is 2. The van der Waals surface area contributed by atoms with Gasteiger partial charge in [0, 0.05) is 18.8 Å². The summed E-state index contributed by atoms with van der Waals surface area (Å²) in [6.45, 7) is 4.11. The van der Waals surface area contributed by atoms with Crippen molar-refractivity contribution in [1.82, 2.24) is 0 Å². The fraction of sp³-hybridized carbons (Fsp3) is 0.667. The van der Waals surface area contributed by atoms with Crippen molar-refractivity contribution in [3.8, 4) is 5.75 Å². The van der Waals surface area contributed by atoms with Crippen molar-refractivity contribution in [2.45, 2.75) is 77.4 Å². The summed E-state index contributed by atoms with van der Waals surface area (Å²) < 4.78 is 5.91. The number of carbonyl (C=O) groups excluding carboxylic acids is 1. The molecule has 2 rings (SSSR count). The molecule has 0 saturated heterocycles. The van der Waals surface area contributed by atoms with Crippen LogP contribution in [-0.2, 0) is 11.2 Å². The van der Waals surface area contributed by atoms with Gasteiger partial charge in [0.2, 0.25) is 0 Å². The zero-order chi connectivity index (χ0) is 19.1. The van der Waals surface area contributed by atoms with E-state index < -0.39 is 24.6 Å². The molecular formula is C21H31NaO5. The van der Waals surface area contributed by atoms with Gasteiger partial charge < -0.3 is 24.9 Å². The third-order valence-corrected chi connectivity index (χ3v) is 5.10. The van der Waals surface area contributed by atoms with E-state index in [0.29, 0.717) is 5.92 Å². The minimum atomic E-state index is -1.32. The quantitative estimate of drug-likeness (QED) is 0.535. The Labute approximate surface area is 184 Å². The van der Waals surface area contributed by atoms with Gasteiger partial charge in [-0.1, -0.05) is 49.8 Å². The predicted octanol–water partition coefficient (Wildman–Crippen LogP) is -0.939. The molecule has 0 unspecified atom stereocenters. The fourth-order valence-corrected chi connectivity index (χ4v) is 3.94. The fourth-order valence-electron chi connectivity index (χ4n) is 3.94. The third kappa shape index (κ3) is 8.53. The van der Waals surface area contributed by atoms with Crippen LogP contribution in [0.3, 0.4) is 0 Å². The summed E-state index contributed by atoms with van der Waals surface area (Å²) in [6.07, 6.45) is 4.83. The van der Waals surface area contributed by atoms with E-state index in [9.17, 15) is 20.1 Å². The molecule has 1 aliphatic rings. The van der Waals surface area contributed by atoms with Crippen LogP contribution in [0.4, 0.5) is 0 Å². The Morgan fingerprint density at radius 3 is 2.48 bits per heavy atom. The summed E-state index contributed by atoms with van der Waals surface area (Å²) >= 11 is 0. The molecular weight excluding hydrogens is 355 g/mol. The largest absolute Gasteiger partial charge is 1.00 e. The maximum atomic E-state index is 10.5. The molecule has 6 heteroatoms. The first-order valence-electron chi connectivity index (χ1n) is 9.64. The van der Waals surface area contributed by atoms with Gasteiger partial charge >= 0.3 is 29.6 Å². The van der Waals surface area contributed by atoms with Gasteiger partial charge in [-0.3, -0.25) is 0 Å². The Hall–Kier alpha value is -0.590. The summed E-state index contributed by atoms with van der Waals surface area (Å²) in [7, 11) is 0. The van der Waals surface area contributed by atoms with E-state index in [4.69, 9.17) is 4.74 Å². The van der Waals surface area contributed by atoms with Crippen molar-refractivity contribution in [2.24, 2.45) is 5.92 Å². The van der Waals surface area contributed by atoms with Crippen molar-refractivity contribution in [1.29, 1.82) is 0 Å². The molecule has 2 atom stereocenters. The van der Waals surface area contributed by atoms with Crippen molar-refractivity contribution in [3.05, 3.63) is 28.8 Å². The SMILES string of the molecule is Cc1cc(C)c(OC[C@@H](O)C[C@@H](O)CC(=O)[O-])c(CC2CCCCC2)c1.[Na+]. The average molecular weight is 386 g/mol. The van der Waals surface area contributed by atoms with E-state index in [-0.39, 0.29) is 42.6 Å². The van der Waals surface area contributed by atoms with Gasteiger partial charge in [-0.2, -0.15) is 0 Å². The third-order valence-electron chi connectivity index (χ3n) is 5.10. The van der Waals surface area contributed by atoms with Crippen LogP contribution < -0.4 is 39.4 Å². The minimum absolute atomic E-state index is 0. The number of aryl methyl sites for hydroxylation is 2. The number of hydrogen-bond acceptors (Lipinski definition) is 5. The van der Waals surface area contributed by atoms with Gasteiger partial charge in [-0.15, -0.1) is 0 Å². The number of aliphatic carboxylic acids is 1. The molecule has 0 spiro atoms. The zero-order valence-corrected chi connectivity index (χ0v) is 18.9. The second-order valence-corrected chi connectivity index (χ2v) is 7.71. The van der Waals surface area contributed by atoms with E-state index in [1.54, 1.807) is 0 Å². The molecule has 0 bridgehead atoms. The monoisotopic (exact) mass is 386 g/mol. The Bertz CT molecular complexity index is 598. The first kappa shape index (κ1) is 24.4. The van der Waals surface area contributed by atoms with E-state index in [0.717, 1.165) is 17.7 Å². The van der Waals surface area contributed by atoms with E-state index in [2.05, 4.69) is 19.1 Å². The number of aliphatic hydroxyl groups is 2. The number of carboxylic acids is 1. The maximum Gasteiger partial charge on any atom is 1.00 e. The van der Waals surface area contributed by atoms with Crippen LogP contribution in [0.1, 0.15) is 61.6 Å². The average Bonchev–Trinajstić information content (AvgIpc) is 2.54. The second-order valence-electron chi connectivity index (χ2n) is 7.71.